The molecule has 1 N–H and O–H groups in total. The third-order valence-electron chi connectivity index (χ3n) is 3.73. The number of para-hydroxylation sites is 1. The second-order valence-corrected chi connectivity index (χ2v) is 7.74. The van der Waals surface area contributed by atoms with Crippen LogP contribution in [-0.2, 0) is 9.84 Å². The van der Waals surface area contributed by atoms with E-state index in [1.165, 1.54) is 19.2 Å². The smallest absolute Gasteiger partial charge is 0.427 e. The molecule has 1 saturated heterocycles. The molecule has 0 spiro atoms. The Hall–Kier alpha value is -1.88. The molecule has 0 saturated carbocycles. The molecule has 11 heteroatoms. The lowest BCUT2D eigenvalue weighted by molar-refractivity contribution is -0.253. The molecule has 25 heavy (non-hydrogen) atoms. The van der Waals surface area contributed by atoms with E-state index in [1.807, 2.05) is 0 Å². The summed E-state index contributed by atoms with van der Waals surface area (Å²) in [6, 6.07) is 3.42. The van der Waals surface area contributed by atoms with Crippen LogP contribution >= 0.6 is 0 Å². The zero-order valence-electron chi connectivity index (χ0n) is 12.9. The van der Waals surface area contributed by atoms with Crippen molar-refractivity contribution < 1.29 is 40.6 Å². The summed E-state index contributed by atoms with van der Waals surface area (Å²) in [5.74, 6) is -2.74. The van der Waals surface area contributed by atoms with Crippen LogP contribution in [0, 0.1) is 0 Å². The fourth-order valence-corrected chi connectivity index (χ4v) is 4.29. The van der Waals surface area contributed by atoms with Gasteiger partial charge >= 0.3 is 12.5 Å². The molecule has 0 bridgehead atoms. The van der Waals surface area contributed by atoms with Gasteiger partial charge in [0.1, 0.15) is 5.75 Å². The summed E-state index contributed by atoms with van der Waals surface area (Å²) in [5, 5.41) is 9.80. The number of rotatable bonds is 5. The molecule has 140 valence electrons. The van der Waals surface area contributed by atoms with E-state index in [1.54, 1.807) is 0 Å². The Kier molecular flexibility index (Phi) is 5.28. The second-order valence-electron chi connectivity index (χ2n) is 5.59. The number of benzene rings is 1. The molecule has 0 unspecified atom stereocenters. The van der Waals surface area contributed by atoms with E-state index < -0.39 is 63.2 Å². The maximum Gasteiger partial charge on any atom is 0.461 e. The minimum absolute atomic E-state index is 0.457. The first-order chi connectivity index (χ1) is 11.4. The van der Waals surface area contributed by atoms with Gasteiger partial charge < -0.3 is 14.7 Å². The van der Waals surface area contributed by atoms with Crippen molar-refractivity contribution in [3.63, 3.8) is 0 Å². The molecule has 6 nitrogen and oxygen atoms in total. The van der Waals surface area contributed by atoms with Gasteiger partial charge in [-0.2, -0.15) is 17.6 Å². The highest BCUT2D eigenvalue weighted by Gasteiger charge is 2.45. The number of nitrogens with zero attached hydrogens (tertiary/aromatic N) is 1. The Balaban J connectivity index is 2.28. The van der Waals surface area contributed by atoms with Crippen molar-refractivity contribution in [2.75, 3.05) is 18.6 Å². The standard InChI is InChI=1S/C14H15F4NO5S/c1-19(9-6-25(22,23)7-10(9)20)12(21)8-4-2-3-5-11(8)24-14(17,18)13(15)16/h2-5,9-10,13,20H,6-7H2,1H3/t9-,10-/m1/s1. The predicted molar refractivity (Wildman–Crippen MR) is 78.6 cm³/mol. The summed E-state index contributed by atoms with van der Waals surface area (Å²) in [5.41, 5.74) is -0.457. The lowest BCUT2D eigenvalue weighted by atomic mass is 10.1. The Morgan fingerprint density at radius 1 is 1.32 bits per heavy atom. The van der Waals surface area contributed by atoms with Crippen molar-refractivity contribution in [3.8, 4) is 5.75 Å². The van der Waals surface area contributed by atoms with Gasteiger partial charge in [-0.3, -0.25) is 4.79 Å². The van der Waals surface area contributed by atoms with Gasteiger partial charge in [0.05, 0.1) is 29.2 Å². The molecule has 1 heterocycles. The van der Waals surface area contributed by atoms with Gasteiger partial charge in [0, 0.05) is 7.05 Å². The van der Waals surface area contributed by atoms with Crippen molar-refractivity contribution in [1.82, 2.24) is 4.90 Å². The molecule has 0 radical (unpaired) electrons. The molecule has 0 aromatic heterocycles. The maximum absolute atomic E-state index is 13.1. The topological polar surface area (TPSA) is 83.9 Å². The van der Waals surface area contributed by atoms with Crippen LogP contribution in [0.5, 0.6) is 5.75 Å². The van der Waals surface area contributed by atoms with E-state index in [-0.39, 0.29) is 0 Å². The molecule has 0 aliphatic carbocycles. The molecule has 1 aromatic carbocycles. The number of ether oxygens (including phenoxy) is 1. The molecule has 1 aliphatic rings. The first kappa shape index (κ1) is 19.4. The van der Waals surface area contributed by atoms with Gasteiger partial charge in [-0.05, 0) is 12.1 Å². The van der Waals surface area contributed by atoms with Crippen LogP contribution in [0.2, 0.25) is 0 Å². The number of halogens is 4. The van der Waals surface area contributed by atoms with E-state index >= 15 is 0 Å². The molecule has 2 atom stereocenters. The van der Waals surface area contributed by atoms with Crippen molar-refractivity contribution >= 4 is 15.7 Å². The minimum atomic E-state index is -4.80. The van der Waals surface area contributed by atoms with E-state index in [0.717, 1.165) is 17.0 Å². The van der Waals surface area contributed by atoms with E-state index in [2.05, 4.69) is 4.74 Å². The number of sulfone groups is 1. The first-order valence-corrected chi connectivity index (χ1v) is 8.86. The summed E-state index contributed by atoms with van der Waals surface area (Å²) in [6.45, 7) is 0. The number of likely N-dealkylation sites (N-methyl/N-ethyl adjacent to an activating group) is 1. The highest BCUT2D eigenvalue weighted by molar-refractivity contribution is 7.91. The molecule has 2 rings (SSSR count). The summed E-state index contributed by atoms with van der Waals surface area (Å²) in [4.78, 5) is 13.3. The average molecular weight is 385 g/mol. The largest absolute Gasteiger partial charge is 0.461 e. The maximum atomic E-state index is 13.1. The molecule has 1 amide bonds. The number of hydrogen-bond donors (Lipinski definition) is 1. The van der Waals surface area contributed by atoms with Crippen LogP contribution in [0.3, 0.4) is 0 Å². The van der Waals surface area contributed by atoms with Crippen LogP contribution in [-0.4, -0.2) is 67.6 Å². The Morgan fingerprint density at radius 3 is 2.44 bits per heavy atom. The number of carbonyl (C=O) groups is 1. The van der Waals surface area contributed by atoms with Crippen LogP contribution in [0.4, 0.5) is 17.6 Å². The van der Waals surface area contributed by atoms with Crippen molar-refractivity contribution in [3.05, 3.63) is 29.8 Å². The fourth-order valence-electron chi connectivity index (χ4n) is 2.44. The summed E-state index contributed by atoms with van der Waals surface area (Å²) >= 11 is 0. The Bertz CT molecular complexity index is 755. The number of aliphatic hydroxyl groups is 1. The van der Waals surface area contributed by atoms with Gasteiger partial charge in [0.25, 0.3) is 5.91 Å². The normalized spacial score (nSPS) is 22.8. The molecule has 1 fully saturated rings. The molecular formula is C14H15F4NO5S. The fraction of sp³-hybridized carbons (Fsp3) is 0.500. The summed E-state index contributed by atoms with van der Waals surface area (Å²) in [6.07, 6.45) is -10.2. The minimum Gasteiger partial charge on any atom is -0.427 e. The zero-order chi connectivity index (χ0) is 19.0. The lowest BCUT2D eigenvalue weighted by Gasteiger charge is -2.27. The SMILES string of the molecule is CN(C(=O)c1ccccc1OC(F)(F)C(F)F)[C@@H]1CS(=O)(=O)C[C@H]1O. The monoisotopic (exact) mass is 385 g/mol. The molecular weight excluding hydrogens is 370 g/mol. The summed E-state index contributed by atoms with van der Waals surface area (Å²) in [7, 11) is -2.37. The van der Waals surface area contributed by atoms with Gasteiger partial charge in [-0.1, -0.05) is 12.1 Å². The quantitative estimate of drug-likeness (QED) is 0.769. The molecule has 1 aliphatic heterocycles. The molecule has 1 aromatic rings. The van der Waals surface area contributed by atoms with Crippen molar-refractivity contribution in [1.29, 1.82) is 0 Å². The lowest BCUT2D eigenvalue weighted by Crippen LogP contribution is -2.44. The number of carbonyl (C=O) groups excluding carboxylic acids is 1. The van der Waals surface area contributed by atoms with Gasteiger partial charge in [-0.25, -0.2) is 8.42 Å². The Morgan fingerprint density at radius 2 is 1.92 bits per heavy atom. The number of amides is 1. The van der Waals surface area contributed by atoms with E-state index in [0.29, 0.717) is 0 Å². The van der Waals surface area contributed by atoms with Crippen molar-refractivity contribution in [2.45, 2.75) is 24.7 Å². The average Bonchev–Trinajstić information content (AvgIpc) is 2.78. The van der Waals surface area contributed by atoms with Crippen LogP contribution in [0.25, 0.3) is 0 Å². The van der Waals surface area contributed by atoms with Gasteiger partial charge in [0.15, 0.2) is 9.84 Å². The highest BCUT2D eigenvalue weighted by atomic mass is 32.2. The second kappa shape index (κ2) is 6.79. The highest BCUT2D eigenvalue weighted by Crippen LogP contribution is 2.31. The summed E-state index contributed by atoms with van der Waals surface area (Å²) < 4.78 is 77.9. The zero-order valence-corrected chi connectivity index (χ0v) is 13.7. The number of hydrogen-bond acceptors (Lipinski definition) is 5. The number of alkyl halides is 4. The number of aliphatic hydroxyl groups excluding tert-OH is 1. The first-order valence-electron chi connectivity index (χ1n) is 7.04. The van der Waals surface area contributed by atoms with E-state index in [4.69, 9.17) is 0 Å². The van der Waals surface area contributed by atoms with Crippen molar-refractivity contribution in [2.24, 2.45) is 0 Å². The Labute approximate surface area is 140 Å². The van der Waals surface area contributed by atoms with Crippen LogP contribution in [0.1, 0.15) is 10.4 Å². The third kappa shape index (κ3) is 4.21. The van der Waals surface area contributed by atoms with Gasteiger partial charge in [0.2, 0.25) is 0 Å². The third-order valence-corrected chi connectivity index (χ3v) is 5.43. The van der Waals surface area contributed by atoms with Crippen LogP contribution in [0.15, 0.2) is 24.3 Å². The van der Waals surface area contributed by atoms with E-state index in [9.17, 15) is 35.9 Å². The predicted octanol–water partition coefficient (Wildman–Crippen LogP) is 1.15. The van der Waals surface area contributed by atoms with Gasteiger partial charge in [-0.15, -0.1) is 0 Å². The van der Waals surface area contributed by atoms with Crippen LogP contribution < -0.4 is 4.74 Å².